The maximum Gasteiger partial charge on any atom is 0.389 e. The average Bonchev–Trinajstić information content (AvgIpc) is 2.24. The van der Waals surface area contributed by atoms with Gasteiger partial charge in [-0.05, 0) is 24.6 Å². The van der Waals surface area contributed by atoms with Crippen LogP contribution >= 0.6 is 15.9 Å². The largest absolute Gasteiger partial charge is 0.478 e. The minimum atomic E-state index is -4.18. The zero-order chi connectivity index (χ0) is 13.8. The minimum Gasteiger partial charge on any atom is -0.478 e. The van der Waals surface area contributed by atoms with Gasteiger partial charge in [-0.2, -0.15) is 13.2 Å². The average molecular weight is 326 g/mol. The topological polar surface area (TPSA) is 49.3 Å². The van der Waals surface area contributed by atoms with Crippen molar-refractivity contribution in [3.05, 3.63) is 28.2 Å². The Morgan fingerprint density at radius 1 is 1.39 bits per heavy atom. The van der Waals surface area contributed by atoms with Gasteiger partial charge >= 0.3 is 12.1 Å². The summed E-state index contributed by atoms with van der Waals surface area (Å²) in [7, 11) is 0. The van der Waals surface area contributed by atoms with Gasteiger partial charge in [0.2, 0.25) is 0 Å². The fraction of sp³-hybridized carbons (Fsp3) is 0.364. The molecule has 1 rings (SSSR count). The van der Waals surface area contributed by atoms with E-state index in [2.05, 4.69) is 21.2 Å². The third-order valence-corrected chi connectivity index (χ3v) is 2.66. The molecule has 0 unspecified atom stereocenters. The highest BCUT2D eigenvalue weighted by atomic mass is 79.9. The molecule has 0 bridgehead atoms. The number of alkyl halides is 3. The lowest BCUT2D eigenvalue weighted by atomic mass is 10.1. The van der Waals surface area contributed by atoms with Gasteiger partial charge < -0.3 is 10.4 Å². The molecule has 1 aromatic carbocycles. The minimum absolute atomic E-state index is 0.0244. The zero-order valence-corrected chi connectivity index (χ0v) is 10.8. The Morgan fingerprint density at radius 2 is 2.06 bits per heavy atom. The quantitative estimate of drug-likeness (QED) is 0.807. The molecule has 0 atom stereocenters. The van der Waals surface area contributed by atoms with Crippen LogP contribution in [0.3, 0.4) is 0 Å². The second kappa shape index (κ2) is 6.08. The molecule has 0 radical (unpaired) electrons. The Morgan fingerprint density at radius 3 is 2.61 bits per heavy atom. The van der Waals surface area contributed by atoms with Crippen molar-refractivity contribution in [2.45, 2.75) is 19.0 Å². The Kier molecular flexibility index (Phi) is 5.01. The maximum atomic E-state index is 11.9. The van der Waals surface area contributed by atoms with Crippen LogP contribution in [0.25, 0.3) is 0 Å². The van der Waals surface area contributed by atoms with Gasteiger partial charge in [0.25, 0.3) is 0 Å². The molecule has 0 aliphatic heterocycles. The summed E-state index contributed by atoms with van der Waals surface area (Å²) < 4.78 is 36.3. The van der Waals surface area contributed by atoms with Crippen molar-refractivity contribution in [2.24, 2.45) is 0 Å². The van der Waals surface area contributed by atoms with Crippen molar-refractivity contribution in [1.29, 1.82) is 0 Å². The maximum absolute atomic E-state index is 11.9. The summed E-state index contributed by atoms with van der Waals surface area (Å²) in [6, 6.07) is 4.54. The molecule has 0 saturated heterocycles. The van der Waals surface area contributed by atoms with Crippen LogP contribution in [0.5, 0.6) is 0 Å². The van der Waals surface area contributed by atoms with E-state index in [9.17, 15) is 18.0 Å². The third kappa shape index (κ3) is 4.95. The molecule has 0 aromatic heterocycles. The first kappa shape index (κ1) is 14.8. The van der Waals surface area contributed by atoms with E-state index in [4.69, 9.17) is 5.11 Å². The van der Waals surface area contributed by atoms with Gasteiger partial charge in [0.15, 0.2) is 0 Å². The van der Waals surface area contributed by atoms with Crippen molar-refractivity contribution < 1.29 is 23.1 Å². The number of carboxylic acids is 1. The zero-order valence-electron chi connectivity index (χ0n) is 9.22. The van der Waals surface area contributed by atoms with E-state index < -0.39 is 18.6 Å². The third-order valence-electron chi connectivity index (χ3n) is 2.16. The number of rotatable bonds is 5. The van der Waals surface area contributed by atoms with Crippen molar-refractivity contribution in [3.63, 3.8) is 0 Å². The van der Waals surface area contributed by atoms with E-state index in [0.29, 0.717) is 10.2 Å². The van der Waals surface area contributed by atoms with Gasteiger partial charge in [0.1, 0.15) is 0 Å². The van der Waals surface area contributed by atoms with Crippen LogP contribution in [0.4, 0.5) is 18.9 Å². The van der Waals surface area contributed by atoms with Gasteiger partial charge in [-0.3, -0.25) is 0 Å². The van der Waals surface area contributed by atoms with Crippen LogP contribution in [0, 0.1) is 0 Å². The first-order valence-corrected chi connectivity index (χ1v) is 5.92. The molecule has 0 spiro atoms. The predicted molar refractivity (Wildman–Crippen MR) is 64.9 cm³/mol. The molecule has 7 heteroatoms. The number of aromatic carboxylic acids is 1. The summed E-state index contributed by atoms with van der Waals surface area (Å²) in [6.45, 7) is 0.0709. The van der Waals surface area contributed by atoms with Gasteiger partial charge in [0, 0.05) is 23.1 Å². The van der Waals surface area contributed by atoms with Crippen molar-refractivity contribution in [1.82, 2.24) is 0 Å². The SMILES string of the molecule is O=C(O)c1cc(Br)ccc1NCCCC(F)(F)F. The van der Waals surface area contributed by atoms with Crippen molar-refractivity contribution in [2.75, 3.05) is 11.9 Å². The lowest BCUT2D eigenvalue weighted by Gasteiger charge is -2.11. The van der Waals surface area contributed by atoms with Crippen LogP contribution in [-0.4, -0.2) is 23.8 Å². The number of halogens is 4. The Labute approximate surface area is 110 Å². The Balaban J connectivity index is 2.59. The van der Waals surface area contributed by atoms with Gasteiger partial charge in [-0.15, -0.1) is 0 Å². The molecule has 0 amide bonds. The summed E-state index contributed by atoms with van der Waals surface area (Å²) >= 11 is 3.13. The van der Waals surface area contributed by atoms with Gasteiger partial charge in [-0.25, -0.2) is 4.79 Å². The number of carbonyl (C=O) groups is 1. The first-order valence-electron chi connectivity index (χ1n) is 5.13. The number of benzene rings is 1. The van der Waals surface area contributed by atoms with E-state index in [1.54, 1.807) is 6.07 Å². The Bertz CT molecular complexity index is 435. The lowest BCUT2D eigenvalue weighted by molar-refractivity contribution is -0.134. The number of anilines is 1. The molecule has 2 N–H and O–H groups in total. The summed E-state index contributed by atoms with van der Waals surface area (Å²) in [4.78, 5) is 10.9. The fourth-order valence-electron chi connectivity index (χ4n) is 1.36. The summed E-state index contributed by atoms with van der Waals surface area (Å²) in [6.07, 6.45) is -5.17. The normalized spacial score (nSPS) is 11.3. The van der Waals surface area contributed by atoms with Crippen LogP contribution in [-0.2, 0) is 0 Å². The molecule has 0 aliphatic rings. The van der Waals surface area contributed by atoms with Crippen LogP contribution < -0.4 is 5.32 Å². The standard InChI is InChI=1S/C11H11BrF3NO2/c12-7-2-3-9(8(6-7)10(17)18)16-5-1-4-11(13,14)15/h2-3,6,16H,1,4-5H2,(H,17,18). The number of hydrogen-bond donors (Lipinski definition) is 2. The van der Waals surface area contributed by atoms with E-state index >= 15 is 0 Å². The fourth-order valence-corrected chi connectivity index (χ4v) is 1.72. The smallest absolute Gasteiger partial charge is 0.389 e. The molecular formula is C11H11BrF3NO2. The number of nitrogens with one attached hydrogen (secondary N) is 1. The lowest BCUT2D eigenvalue weighted by Crippen LogP contribution is -2.12. The van der Waals surface area contributed by atoms with E-state index in [1.165, 1.54) is 12.1 Å². The molecule has 18 heavy (non-hydrogen) atoms. The summed E-state index contributed by atoms with van der Waals surface area (Å²) in [5, 5.41) is 11.6. The highest BCUT2D eigenvalue weighted by Gasteiger charge is 2.25. The van der Waals surface area contributed by atoms with Crippen molar-refractivity contribution in [3.8, 4) is 0 Å². The van der Waals surface area contributed by atoms with Gasteiger partial charge in [-0.1, -0.05) is 15.9 Å². The summed E-state index contributed by atoms with van der Waals surface area (Å²) in [5.74, 6) is -1.13. The molecule has 3 nitrogen and oxygen atoms in total. The molecule has 0 heterocycles. The van der Waals surface area contributed by atoms with Crippen LogP contribution in [0.15, 0.2) is 22.7 Å². The summed E-state index contributed by atoms with van der Waals surface area (Å²) in [5.41, 5.74) is 0.337. The van der Waals surface area contributed by atoms with Crippen LogP contribution in [0.2, 0.25) is 0 Å². The monoisotopic (exact) mass is 325 g/mol. The molecule has 100 valence electrons. The van der Waals surface area contributed by atoms with Gasteiger partial charge in [0.05, 0.1) is 5.56 Å². The molecular weight excluding hydrogens is 315 g/mol. The highest BCUT2D eigenvalue weighted by molar-refractivity contribution is 9.10. The Hall–Kier alpha value is -1.24. The first-order chi connectivity index (χ1) is 8.29. The van der Waals surface area contributed by atoms with E-state index in [0.717, 1.165) is 0 Å². The van der Waals surface area contributed by atoms with E-state index in [-0.39, 0.29) is 18.5 Å². The van der Waals surface area contributed by atoms with Crippen LogP contribution in [0.1, 0.15) is 23.2 Å². The number of hydrogen-bond acceptors (Lipinski definition) is 2. The molecule has 1 aromatic rings. The molecule has 0 aliphatic carbocycles. The molecule has 0 fully saturated rings. The second-order valence-corrected chi connectivity index (χ2v) is 4.56. The van der Waals surface area contributed by atoms with Crippen molar-refractivity contribution >= 4 is 27.6 Å². The highest BCUT2D eigenvalue weighted by Crippen LogP contribution is 2.23. The number of carboxylic acid groups (broad SMARTS) is 1. The second-order valence-electron chi connectivity index (χ2n) is 3.64. The molecule has 0 saturated carbocycles. The predicted octanol–water partition coefficient (Wildman–Crippen LogP) is 3.90. The van der Waals surface area contributed by atoms with E-state index in [1.807, 2.05) is 0 Å².